The van der Waals surface area contributed by atoms with E-state index in [4.69, 9.17) is 16.2 Å². The van der Waals surface area contributed by atoms with Gasteiger partial charge in [-0.25, -0.2) is 0 Å². The van der Waals surface area contributed by atoms with E-state index in [9.17, 15) is 5.11 Å². The molecule has 0 spiro atoms. The fourth-order valence-electron chi connectivity index (χ4n) is 1.73. The van der Waals surface area contributed by atoms with Crippen LogP contribution in [0.25, 0.3) is 0 Å². The summed E-state index contributed by atoms with van der Waals surface area (Å²) < 4.78 is 5.64. The summed E-state index contributed by atoms with van der Waals surface area (Å²) >= 11 is 0. The van der Waals surface area contributed by atoms with Crippen molar-refractivity contribution in [1.29, 1.82) is 0 Å². The van der Waals surface area contributed by atoms with Gasteiger partial charge < -0.3 is 21.3 Å². The van der Waals surface area contributed by atoms with Gasteiger partial charge in [0.2, 0.25) is 0 Å². The van der Waals surface area contributed by atoms with Crippen LogP contribution in [0.15, 0.2) is 48.5 Å². The number of ether oxygens (including phenoxy) is 1. The second-order valence-corrected chi connectivity index (χ2v) is 4.67. The van der Waals surface area contributed by atoms with E-state index in [-0.39, 0.29) is 0 Å². The van der Waals surface area contributed by atoms with Gasteiger partial charge in [-0.2, -0.15) is 0 Å². The summed E-state index contributed by atoms with van der Waals surface area (Å²) in [6, 6.07) is 14.9. The molecule has 100 valence electrons. The predicted octanol–water partition coefficient (Wildman–Crippen LogP) is 1.97. The maximum Gasteiger partial charge on any atom is 0.142 e. The molecule has 0 saturated heterocycles. The minimum Gasteiger partial charge on any atom is -0.487 e. The molecule has 0 amide bonds. The molecule has 2 rings (SSSR count). The maximum absolute atomic E-state index is 9.69. The quantitative estimate of drug-likeness (QED) is 0.578. The van der Waals surface area contributed by atoms with Crippen molar-refractivity contribution >= 4 is 5.69 Å². The molecule has 1 unspecified atom stereocenters. The van der Waals surface area contributed by atoms with Gasteiger partial charge in [0.1, 0.15) is 18.1 Å². The highest BCUT2D eigenvalue weighted by molar-refractivity contribution is 5.55. The first-order valence-corrected chi connectivity index (χ1v) is 6.05. The lowest BCUT2D eigenvalue weighted by Gasteiger charge is -2.19. The van der Waals surface area contributed by atoms with E-state index in [0.717, 1.165) is 5.56 Å². The van der Waals surface area contributed by atoms with Crippen LogP contribution < -0.4 is 16.2 Å². The lowest BCUT2D eigenvalue weighted by molar-refractivity contribution is 0.0647. The molecule has 1 atom stereocenters. The molecule has 0 aliphatic heterocycles. The van der Waals surface area contributed by atoms with Gasteiger partial charge in [-0.15, -0.1) is 0 Å². The van der Waals surface area contributed by atoms with Gasteiger partial charge in [0.05, 0.1) is 5.69 Å². The number of hydrogen-bond donors (Lipinski definition) is 3. The Kier molecular flexibility index (Phi) is 3.74. The van der Waals surface area contributed by atoms with Crippen molar-refractivity contribution in [1.82, 2.24) is 0 Å². The number of hydrogen-bond acceptors (Lipinski definition) is 4. The van der Waals surface area contributed by atoms with E-state index in [1.165, 1.54) is 6.92 Å². The SMILES string of the molecule is CC(N)(O)c1ccc(OCc2ccccc2)c(N)c1. The van der Waals surface area contributed by atoms with E-state index in [1.807, 2.05) is 30.3 Å². The summed E-state index contributed by atoms with van der Waals surface area (Å²) in [6.07, 6.45) is 0. The van der Waals surface area contributed by atoms with Crippen molar-refractivity contribution in [2.45, 2.75) is 19.3 Å². The fourth-order valence-corrected chi connectivity index (χ4v) is 1.73. The van der Waals surface area contributed by atoms with E-state index in [0.29, 0.717) is 23.6 Å². The second kappa shape index (κ2) is 5.30. The first-order chi connectivity index (χ1) is 8.97. The van der Waals surface area contributed by atoms with Gasteiger partial charge in [0, 0.05) is 5.56 Å². The molecule has 2 aromatic rings. The van der Waals surface area contributed by atoms with Crippen LogP contribution in [0.5, 0.6) is 5.75 Å². The van der Waals surface area contributed by atoms with Gasteiger partial charge in [-0.05, 0) is 24.6 Å². The lowest BCUT2D eigenvalue weighted by atomic mass is 10.0. The largest absolute Gasteiger partial charge is 0.487 e. The highest BCUT2D eigenvalue weighted by Gasteiger charge is 2.17. The molecule has 0 radical (unpaired) electrons. The molecule has 0 aliphatic rings. The zero-order valence-corrected chi connectivity index (χ0v) is 10.8. The summed E-state index contributed by atoms with van der Waals surface area (Å²) in [7, 11) is 0. The summed E-state index contributed by atoms with van der Waals surface area (Å²) in [5.74, 6) is 0.580. The Balaban J connectivity index is 2.10. The Labute approximate surface area is 112 Å². The summed E-state index contributed by atoms with van der Waals surface area (Å²) in [6.45, 7) is 1.95. The fraction of sp³-hybridized carbons (Fsp3) is 0.200. The Morgan fingerprint density at radius 1 is 1.16 bits per heavy atom. The van der Waals surface area contributed by atoms with Gasteiger partial charge in [0.25, 0.3) is 0 Å². The molecule has 0 bridgehead atoms. The molecular formula is C15H18N2O2. The number of nitrogen functional groups attached to an aromatic ring is 1. The van der Waals surface area contributed by atoms with Gasteiger partial charge >= 0.3 is 0 Å². The molecule has 4 nitrogen and oxygen atoms in total. The van der Waals surface area contributed by atoms with E-state index in [2.05, 4.69) is 0 Å². The van der Waals surface area contributed by atoms with Gasteiger partial charge in [-0.1, -0.05) is 36.4 Å². The normalized spacial score (nSPS) is 13.8. The molecule has 2 aromatic carbocycles. The van der Waals surface area contributed by atoms with Crippen LogP contribution >= 0.6 is 0 Å². The first-order valence-electron chi connectivity index (χ1n) is 6.05. The molecule has 19 heavy (non-hydrogen) atoms. The van der Waals surface area contributed by atoms with Crippen LogP contribution in [-0.4, -0.2) is 5.11 Å². The Bertz CT molecular complexity index is 548. The average Bonchev–Trinajstić information content (AvgIpc) is 2.37. The molecular weight excluding hydrogens is 240 g/mol. The van der Waals surface area contributed by atoms with Crippen LogP contribution in [0.3, 0.4) is 0 Å². The highest BCUT2D eigenvalue weighted by Crippen LogP contribution is 2.26. The average molecular weight is 258 g/mol. The topological polar surface area (TPSA) is 81.5 Å². The number of rotatable bonds is 4. The van der Waals surface area contributed by atoms with E-state index in [1.54, 1.807) is 18.2 Å². The standard InChI is InChI=1S/C15H18N2O2/c1-15(17,18)12-7-8-14(13(16)9-12)19-10-11-5-3-2-4-6-11/h2-9,18H,10,16-17H2,1H3. The first kappa shape index (κ1) is 13.4. The lowest BCUT2D eigenvalue weighted by Crippen LogP contribution is -2.32. The Morgan fingerprint density at radius 2 is 1.84 bits per heavy atom. The van der Waals surface area contributed by atoms with E-state index >= 15 is 0 Å². The predicted molar refractivity (Wildman–Crippen MR) is 75.4 cm³/mol. The number of anilines is 1. The summed E-state index contributed by atoms with van der Waals surface area (Å²) in [5.41, 5.74) is 12.2. The number of benzene rings is 2. The zero-order valence-electron chi connectivity index (χ0n) is 10.8. The van der Waals surface area contributed by atoms with Crippen molar-refractivity contribution in [3.63, 3.8) is 0 Å². The smallest absolute Gasteiger partial charge is 0.142 e. The molecule has 0 saturated carbocycles. The molecule has 0 fully saturated rings. The van der Waals surface area contributed by atoms with Gasteiger partial charge in [-0.3, -0.25) is 0 Å². The second-order valence-electron chi connectivity index (χ2n) is 4.67. The minimum absolute atomic E-state index is 0.448. The summed E-state index contributed by atoms with van der Waals surface area (Å²) in [4.78, 5) is 0. The van der Waals surface area contributed by atoms with Crippen molar-refractivity contribution in [3.05, 3.63) is 59.7 Å². The van der Waals surface area contributed by atoms with Crippen LogP contribution in [-0.2, 0) is 12.3 Å². The molecule has 0 heterocycles. The Morgan fingerprint density at radius 3 is 2.42 bits per heavy atom. The third kappa shape index (κ3) is 3.47. The highest BCUT2D eigenvalue weighted by atomic mass is 16.5. The van der Waals surface area contributed by atoms with Crippen LogP contribution in [0.4, 0.5) is 5.69 Å². The van der Waals surface area contributed by atoms with Crippen molar-refractivity contribution in [3.8, 4) is 5.75 Å². The van der Waals surface area contributed by atoms with Crippen LogP contribution in [0.2, 0.25) is 0 Å². The molecule has 0 aliphatic carbocycles. The Hall–Kier alpha value is -2.04. The third-order valence-corrected chi connectivity index (χ3v) is 2.83. The summed E-state index contributed by atoms with van der Waals surface area (Å²) in [5, 5.41) is 9.69. The monoisotopic (exact) mass is 258 g/mol. The van der Waals surface area contributed by atoms with Crippen molar-refractivity contribution in [2.75, 3.05) is 5.73 Å². The maximum atomic E-state index is 9.69. The minimum atomic E-state index is -1.40. The molecule has 5 N–H and O–H groups in total. The van der Waals surface area contributed by atoms with Crippen molar-refractivity contribution in [2.24, 2.45) is 5.73 Å². The number of aliphatic hydroxyl groups is 1. The third-order valence-electron chi connectivity index (χ3n) is 2.83. The van der Waals surface area contributed by atoms with Crippen LogP contribution in [0, 0.1) is 0 Å². The number of nitrogens with two attached hydrogens (primary N) is 2. The van der Waals surface area contributed by atoms with E-state index < -0.39 is 5.72 Å². The molecule has 4 heteroatoms. The van der Waals surface area contributed by atoms with Gasteiger partial charge in [0.15, 0.2) is 0 Å². The van der Waals surface area contributed by atoms with Crippen molar-refractivity contribution < 1.29 is 9.84 Å². The molecule has 0 aromatic heterocycles. The van der Waals surface area contributed by atoms with Crippen LogP contribution in [0.1, 0.15) is 18.1 Å². The zero-order chi connectivity index (χ0) is 13.9.